The van der Waals surface area contributed by atoms with Crippen LogP contribution in [0.15, 0.2) is 12.7 Å². The molecule has 1 unspecified atom stereocenters. The Labute approximate surface area is 99.5 Å². The van der Waals surface area contributed by atoms with E-state index in [0.29, 0.717) is 5.54 Å². The molecule has 0 radical (unpaired) electrons. The van der Waals surface area contributed by atoms with Crippen LogP contribution in [0.5, 0.6) is 0 Å². The van der Waals surface area contributed by atoms with Crippen molar-refractivity contribution in [2.45, 2.75) is 31.8 Å². The average Bonchev–Trinajstić information content (AvgIpc) is 2.60. The molecule has 3 heteroatoms. The molecule has 1 atom stereocenters. The summed E-state index contributed by atoms with van der Waals surface area (Å²) in [6, 6.07) is 0.721. The molecule has 2 aliphatic rings. The molecule has 3 nitrogen and oxygen atoms in total. The molecule has 0 aromatic heterocycles. The molecule has 2 aliphatic heterocycles. The zero-order chi connectivity index (χ0) is 11.6. The topological polar surface area (TPSA) is 18.5 Å². The van der Waals surface area contributed by atoms with Gasteiger partial charge in [-0.15, -0.1) is 6.58 Å². The van der Waals surface area contributed by atoms with Gasteiger partial charge < -0.3 is 5.32 Å². The number of hydrogen-bond acceptors (Lipinski definition) is 3. The summed E-state index contributed by atoms with van der Waals surface area (Å²) >= 11 is 0. The van der Waals surface area contributed by atoms with Crippen LogP contribution in [-0.4, -0.2) is 60.6 Å². The lowest BCUT2D eigenvalue weighted by atomic mass is 9.95. The van der Waals surface area contributed by atoms with Crippen molar-refractivity contribution in [1.29, 1.82) is 0 Å². The van der Waals surface area contributed by atoms with Crippen molar-refractivity contribution >= 4 is 0 Å². The highest BCUT2D eigenvalue weighted by Gasteiger charge is 2.38. The fourth-order valence-corrected chi connectivity index (χ4v) is 3.09. The summed E-state index contributed by atoms with van der Waals surface area (Å²) in [5.41, 5.74) is 0.292. The molecule has 16 heavy (non-hydrogen) atoms. The van der Waals surface area contributed by atoms with Gasteiger partial charge in [0, 0.05) is 44.3 Å². The van der Waals surface area contributed by atoms with Crippen LogP contribution in [0, 0.1) is 0 Å². The Bertz CT molecular complexity index is 242. The van der Waals surface area contributed by atoms with E-state index in [4.69, 9.17) is 0 Å². The van der Waals surface area contributed by atoms with Crippen molar-refractivity contribution in [3.05, 3.63) is 12.7 Å². The smallest absolute Gasteiger partial charge is 0.0285 e. The lowest BCUT2D eigenvalue weighted by Gasteiger charge is -2.42. The van der Waals surface area contributed by atoms with E-state index >= 15 is 0 Å². The van der Waals surface area contributed by atoms with Gasteiger partial charge in [-0.3, -0.25) is 9.80 Å². The van der Waals surface area contributed by atoms with Crippen LogP contribution >= 0.6 is 0 Å². The quantitative estimate of drug-likeness (QED) is 0.718. The van der Waals surface area contributed by atoms with Gasteiger partial charge in [-0.2, -0.15) is 0 Å². The molecular formula is C13H25N3. The first kappa shape index (κ1) is 12.1. The minimum atomic E-state index is 0.292. The highest BCUT2D eigenvalue weighted by molar-refractivity contribution is 4.99. The molecule has 0 amide bonds. The Hall–Kier alpha value is -0.380. The van der Waals surface area contributed by atoms with Crippen LogP contribution < -0.4 is 5.32 Å². The van der Waals surface area contributed by atoms with Gasteiger partial charge in [0.15, 0.2) is 0 Å². The van der Waals surface area contributed by atoms with E-state index in [1.165, 1.54) is 39.1 Å². The molecule has 2 heterocycles. The van der Waals surface area contributed by atoms with Gasteiger partial charge in [0.1, 0.15) is 0 Å². The number of hydrogen-bond donors (Lipinski definition) is 1. The third kappa shape index (κ3) is 2.47. The largest absolute Gasteiger partial charge is 0.310 e. The van der Waals surface area contributed by atoms with E-state index in [2.05, 4.69) is 35.5 Å². The van der Waals surface area contributed by atoms with Crippen molar-refractivity contribution < 1.29 is 0 Å². The molecule has 2 saturated heterocycles. The van der Waals surface area contributed by atoms with Gasteiger partial charge in [-0.25, -0.2) is 0 Å². The molecule has 0 spiro atoms. The summed E-state index contributed by atoms with van der Waals surface area (Å²) in [5, 5.41) is 3.61. The second-order valence-corrected chi connectivity index (χ2v) is 5.58. The second kappa shape index (κ2) is 4.86. The van der Waals surface area contributed by atoms with Crippen LogP contribution in [0.3, 0.4) is 0 Å². The number of piperazine rings is 1. The van der Waals surface area contributed by atoms with Crippen LogP contribution in [0.1, 0.15) is 20.3 Å². The zero-order valence-electron chi connectivity index (χ0n) is 10.7. The van der Waals surface area contributed by atoms with E-state index < -0.39 is 0 Å². The summed E-state index contributed by atoms with van der Waals surface area (Å²) in [4.78, 5) is 5.15. The third-order valence-corrected chi connectivity index (χ3v) is 4.07. The Morgan fingerprint density at radius 3 is 2.50 bits per heavy atom. The molecular weight excluding hydrogens is 198 g/mol. The van der Waals surface area contributed by atoms with Crippen LogP contribution in [0.2, 0.25) is 0 Å². The van der Waals surface area contributed by atoms with Gasteiger partial charge in [0.2, 0.25) is 0 Å². The SMILES string of the molecule is C=CCN1CCN(C2CCNC2(C)C)CC1. The summed E-state index contributed by atoms with van der Waals surface area (Å²) in [5.74, 6) is 0. The van der Waals surface area contributed by atoms with E-state index in [9.17, 15) is 0 Å². The van der Waals surface area contributed by atoms with Gasteiger partial charge >= 0.3 is 0 Å². The molecule has 1 N–H and O–H groups in total. The van der Waals surface area contributed by atoms with E-state index in [0.717, 1.165) is 12.6 Å². The Morgan fingerprint density at radius 2 is 2.00 bits per heavy atom. The Morgan fingerprint density at radius 1 is 1.31 bits per heavy atom. The van der Waals surface area contributed by atoms with E-state index in [1.807, 2.05) is 6.08 Å². The maximum absolute atomic E-state index is 3.81. The van der Waals surface area contributed by atoms with Crippen molar-refractivity contribution in [2.75, 3.05) is 39.3 Å². The van der Waals surface area contributed by atoms with Gasteiger partial charge in [0.05, 0.1) is 0 Å². The van der Waals surface area contributed by atoms with Crippen LogP contribution in [0.4, 0.5) is 0 Å². The standard InChI is InChI=1S/C13H25N3/c1-4-7-15-8-10-16(11-9-15)12-5-6-14-13(12,2)3/h4,12,14H,1,5-11H2,2-3H3. The third-order valence-electron chi connectivity index (χ3n) is 4.07. The normalized spacial score (nSPS) is 31.8. The predicted molar refractivity (Wildman–Crippen MR) is 68.7 cm³/mol. The van der Waals surface area contributed by atoms with Gasteiger partial charge in [0.25, 0.3) is 0 Å². The Balaban J connectivity index is 1.87. The van der Waals surface area contributed by atoms with Crippen LogP contribution in [-0.2, 0) is 0 Å². The molecule has 0 saturated carbocycles. The Kier molecular flexibility index (Phi) is 3.67. The lowest BCUT2D eigenvalue weighted by Crippen LogP contribution is -2.56. The first-order valence-electron chi connectivity index (χ1n) is 6.46. The van der Waals surface area contributed by atoms with Crippen molar-refractivity contribution in [2.24, 2.45) is 0 Å². The highest BCUT2D eigenvalue weighted by Crippen LogP contribution is 2.25. The highest BCUT2D eigenvalue weighted by atomic mass is 15.3. The van der Waals surface area contributed by atoms with Crippen molar-refractivity contribution in [3.8, 4) is 0 Å². The fraction of sp³-hybridized carbons (Fsp3) is 0.846. The minimum Gasteiger partial charge on any atom is -0.310 e. The molecule has 0 aromatic carbocycles. The monoisotopic (exact) mass is 223 g/mol. The maximum atomic E-state index is 3.81. The second-order valence-electron chi connectivity index (χ2n) is 5.58. The molecule has 0 aliphatic carbocycles. The average molecular weight is 223 g/mol. The first-order chi connectivity index (χ1) is 7.63. The van der Waals surface area contributed by atoms with Crippen molar-refractivity contribution in [3.63, 3.8) is 0 Å². The summed E-state index contributed by atoms with van der Waals surface area (Å²) < 4.78 is 0. The van der Waals surface area contributed by atoms with Crippen molar-refractivity contribution in [1.82, 2.24) is 15.1 Å². The summed E-state index contributed by atoms with van der Waals surface area (Å²) in [6.07, 6.45) is 3.31. The first-order valence-corrected chi connectivity index (χ1v) is 6.46. The molecule has 0 bridgehead atoms. The minimum absolute atomic E-state index is 0.292. The number of rotatable bonds is 3. The van der Waals surface area contributed by atoms with E-state index in [1.54, 1.807) is 0 Å². The van der Waals surface area contributed by atoms with Crippen LogP contribution in [0.25, 0.3) is 0 Å². The molecule has 0 aromatic rings. The summed E-state index contributed by atoms with van der Waals surface area (Å²) in [7, 11) is 0. The van der Waals surface area contributed by atoms with Gasteiger partial charge in [-0.05, 0) is 26.8 Å². The molecule has 2 rings (SSSR count). The number of nitrogens with zero attached hydrogens (tertiary/aromatic N) is 2. The summed E-state index contributed by atoms with van der Waals surface area (Å²) in [6.45, 7) is 15.5. The lowest BCUT2D eigenvalue weighted by molar-refractivity contribution is 0.0792. The van der Waals surface area contributed by atoms with Gasteiger partial charge in [-0.1, -0.05) is 6.08 Å². The van der Waals surface area contributed by atoms with E-state index in [-0.39, 0.29) is 0 Å². The predicted octanol–water partition coefficient (Wildman–Crippen LogP) is 0.930. The molecule has 2 fully saturated rings. The molecule has 92 valence electrons. The zero-order valence-corrected chi connectivity index (χ0v) is 10.7. The maximum Gasteiger partial charge on any atom is 0.0285 e. The number of nitrogens with one attached hydrogen (secondary N) is 1. The fourth-order valence-electron chi connectivity index (χ4n) is 3.09.